The molecular formula is C22H36O. The number of carbonyl (C=O) groups excluding carboxylic acids is 1. The number of carbonyl (C=O) groups is 1. The van der Waals surface area contributed by atoms with Crippen LogP contribution in [0.25, 0.3) is 0 Å². The molecule has 0 radical (unpaired) electrons. The highest BCUT2D eigenvalue weighted by Gasteiger charge is 2.60. The van der Waals surface area contributed by atoms with Gasteiger partial charge >= 0.3 is 0 Å². The second kappa shape index (κ2) is 5.60. The van der Waals surface area contributed by atoms with Crippen molar-refractivity contribution in [2.24, 2.45) is 40.4 Å². The molecule has 4 saturated carbocycles. The minimum Gasteiger partial charge on any atom is -0.299 e. The van der Waals surface area contributed by atoms with Crippen LogP contribution in [0.15, 0.2) is 0 Å². The first-order chi connectivity index (χ1) is 11.0. The lowest BCUT2D eigenvalue weighted by atomic mass is 9.45. The van der Waals surface area contributed by atoms with E-state index >= 15 is 0 Å². The second-order valence-electron chi connectivity index (χ2n) is 9.90. The van der Waals surface area contributed by atoms with Crippen LogP contribution in [0.1, 0.15) is 91.4 Å². The van der Waals surface area contributed by atoms with E-state index in [2.05, 4.69) is 20.8 Å². The molecule has 0 bridgehead atoms. The number of hydrogen-bond donors (Lipinski definition) is 0. The summed E-state index contributed by atoms with van der Waals surface area (Å²) >= 11 is 0. The third kappa shape index (κ3) is 2.20. The van der Waals surface area contributed by atoms with E-state index in [1.54, 1.807) is 0 Å². The molecule has 1 nitrogen and oxygen atoms in total. The van der Waals surface area contributed by atoms with Crippen LogP contribution in [0.3, 0.4) is 0 Å². The van der Waals surface area contributed by atoms with Gasteiger partial charge in [-0.2, -0.15) is 0 Å². The summed E-state index contributed by atoms with van der Waals surface area (Å²) in [7, 11) is 0. The highest BCUT2D eigenvalue weighted by molar-refractivity contribution is 5.81. The van der Waals surface area contributed by atoms with Crippen molar-refractivity contribution in [2.75, 3.05) is 0 Å². The zero-order valence-corrected chi connectivity index (χ0v) is 15.6. The Bertz CT molecular complexity index is 482. The molecular weight excluding hydrogens is 280 g/mol. The lowest BCUT2D eigenvalue weighted by Crippen LogP contribution is -2.53. The van der Waals surface area contributed by atoms with Gasteiger partial charge in [0.1, 0.15) is 5.78 Å². The van der Waals surface area contributed by atoms with Crippen molar-refractivity contribution in [3.05, 3.63) is 0 Å². The quantitative estimate of drug-likeness (QED) is 0.609. The maximum absolute atomic E-state index is 12.5. The van der Waals surface area contributed by atoms with Gasteiger partial charge in [0.25, 0.3) is 0 Å². The summed E-state index contributed by atoms with van der Waals surface area (Å²) in [4.78, 5) is 12.5. The number of fused-ring (bicyclic) bond motifs is 5. The molecule has 7 atom stereocenters. The van der Waals surface area contributed by atoms with Crippen LogP contribution in [0.4, 0.5) is 0 Å². The van der Waals surface area contributed by atoms with Crippen LogP contribution in [0.2, 0.25) is 0 Å². The summed E-state index contributed by atoms with van der Waals surface area (Å²) in [6, 6.07) is 0. The van der Waals surface area contributed by atoms with E-state index in [0.717, 1.165) is 30.1 Å². The smallest absolute Gasteiger partial charge is 0.136 e. The topological polar surface area (TPSA) is 17.1 Å². The monoisotopic (exact) mass is 316 g/mol. The predicted molar refractivity (Wildman–Crippen MR) is 95.1 cm³/mol. The molecule has 1 heteroatoms. The summed E-state index contributed by atoms with van der Waals surface area (Å²) in [5.41, 5.74) is 0.974. The average molecular weight is 317 g/mol. The van der Waals surface area contributed by atoms with Gasteiger partial charge in [0.2, 0.25) is 0 Å². The van der Waals surface area contributed by atoms with Gasteiger partial charge < -0.3 is 0 Å². The molecule has 23 heavy (non-hydrogen) atoms. The molecule has 4 aliphatic carbocycles. The van der Waals surface area contributed by atoms with Gasteiger partial charge in [-0.25, -0.2) is 0 Å². The summed E-state index contributed by atoms with van der Waals surface area (Å²) < 4.78 is 0. The van der Waals surface area contributed by atoms with Gasteiger partial charge in [-0.15, -0.1) is 0 Å². The Kier molecular flexibility index (Phi) is 3.93. The molecule has 0 aromatic carbocycles. The van der Waals surface area contributed by atoms with Crippen molar-refractivity contribution in [2.45, 2.75) is 91.4 Å². The molecule has 0 heterocycles. The van der Waals surface area contributed by atoms with Crippen LogP contribution in [0.5, 0.6) is 0 Å². The average Bonchev–Trinajstić information content (AvgIpc) is 2.91. The molecule has 4 fully saturated rings. The first-order valence-electron chi connectivity index (χ1n) is 10.5. The van der Waals surface area contributed by atoms with Crippen molar-refractivity contribution >= 4 is 5.78 Å². The fraction of sp³-hybridized carbons (Fsp3) is 0.955. The highest BCUT2D eigenvalue weighted by Crippen LogP contribution is 2.67. The van der Waals surface area contributed by atoms with Gasteiger partial charge in [0.05, 0.1) is 0 Å². The van der Waals surface area contributed by atoms with E-state index in [4.69, 9.17) is 0 Å². The normalized spacial score (nSPS) is 52.4. The molecule has 0 N–H and O–H groups in total. The maximum Gasteiger partial charge on any atom is 0.136 e. The Morgan fingerprint density at radius 3 is 2.43 bits per heavy atom. The molecule has 0 aliphatic heterocycles. The maximum atomic E-state index is 12.5. The minimum atomic E-state index is 0.339. The van der Waals surface area contributed by atoms with Crippen molar-refractivity contribution in [3.8, 4) is 0 Å². The van der Waals surface area contributed by atoms with Gasteiger partial charge in [0.15, 0.2) is 0 Å². The minimum absolute atomic E-state index is 0.339. The molecule has 0 unspecified atom stereocenters. The van der Waals surface area contributed by atoms with Crippen LogP contribution in [0, 0.1) is 40.4 Å². The van der Waals surface area contributed by atoms with E-state index in [9.17, 15) is 4.79 Å². The van der Waals surface area contributed by atoms with E-state index in [1.807, 2.05) is 0 Å². The highest BCUT2D eigenvalue weighted by atomic mass is 16.1. The van der Waals surface area contributed by atoms with Gasteiger partial charge in [-0.1, -0.05) is 33.6 Å². The SMILES string of the molecule is CCC(=O)[C@@H]1CC[C@H]2[C@@H]3CC[C@H]4CCCC[C@]4(C)[C@H]3CC[C@]12C. The summed E-state index contributed by atoms with van der Waals surface area (Å²) in [5, 5.41) is 0. The van der Waals surface area contributed by atoms with Gasteiger partial charge in [0, 0.05) is 12.3 Å². The van der Waals surface area contributed by atoms with E-state index in [1.165, 1.54) is 64.2 Å². The van der Waals surface area contributed by atoms with Gasteiger partial charge in [-0.05, 0) is 85.9 Å². The number of hydrogen-bond acceptors (Lipinski definition) is 1. The summed E-state index contributed by atoms with van der Waals surface area (Å²) in [6.07, 6.45) is 14.9. The number of rotatable bonds is 2. The molecule has 4 rings (SSSR count). The fourth-order valence-electron chi connectivity index (χ4n) is 8.07. The van der Waals surface area contributed by atoms with Crippen molar-refractivity contribution in [1.82, 2.24) is 0 Å². The van der Waals surface area contributed by atoms with Crippen molar-refractivity contribution in [1.29, 1.82) is 0 Å². The van der Waals surface area contributed by atoms with Crippen LogP contribution in [-0.4, -0.2) is 5.78 Å². The Hall–Kier alpha value is -0.330. The summed E-state index contributed by atoms with van der Waals surface area (Å²) in [5.74, 6) is 4.71. The third-order valence-electron chi connectivity index (χ3n) is 9.32. The number of ketones is 1. The van der Waals surface area contributed by atoms with Crippen molar-refractivity contribution < 1.29 is 4.79 Å². The van der Waals surface area contributed by atoms with E-state index in [-0.39, 0.29) is 0 Å². The molecule has 0 spiro atoms. The molecule has 0 aromatic heterocycles. The molecule has 0 aromatic rings. The predicted octanol–water partition coefficient (Wildman–Crippen LogP) is 6.01. The van der Waals surface area contributed by atoms with Crippen molar-refractivity contribution in [3.63, 3.8) is 0 Å². The van der Waals surface area contributed by atoms with Crippen LogP contribution in [-0.2, 0) is 4.79 Å². The third-order valence-corrected chi connectivity index (χ3v) is 9.32. The Balaban J connectivity index is 1.61. The molecule has 0 amide bonds. The Morgan fingerprint density at radius 2 is 1.65 bits per heavy atom. The first kappa shape index (κ1) is 16.2. The zero-order valence-electron chi connectivity index (χ0n) is 15.6. The largest absolute Gasteiger partial charge is 0.299 e. The lowest BCUT2D eigenvalue weighted by Gasteiger charge is -2.60. The first-order valence-corrected chi connectivity index (χ1v) is 10.5. The fourth-order valence-corrected chi connectivity index (χ4v) is 8.07. The summed E-state index contributed by atoms with van der Waals surface area (Å²) in [6.45, 7) is 7.22. The van der Waals surface area contributed by atoms with E-state index < -0.39 is 0 Å². The van der Waals surface area contributed by atoms with Gasteiger partial charge in [-0.3, -0.25) is 4.79 Å². The number of Topliss-reactive ketones (excluding diaryl/α,β-unsaturated/α-hetero) is 1. The Labute approximate surface area is 143 Å². The zero-order chi connectivity index (χ0) is 16.2. The molecule has 4 aliphatic rings. The standard InChI is InChI=1S/C22H36O/c1-4-20(23)19-11-10-17-16-9-8-15-7-5-6-13-21(15,2)18(16)12-14-22(17,19)3/h15-19H,4-14H2,1-3H3/t15-,16+,17+,18+,19+,21+,22+/m1/s1. The second-order valence-corrected chi connectivity index (χ2v) is 9.90. The van der Waals surface area contributed by atoms with E-state index in [0.29, 0.717) is 22.5 Å². The Morgan fingerprint density at radius 1 is 0.870 bits per heavy atom. The molecule has 0 saturated heterocycles. The lowest BCUT2D eigenvalue weighted by molar-refractivity contribution is -0.135. The van der Waals surface area contributed by atoms with Crippen LogP contribution >= 0.6 is 0 Å². The van der Waals surface area contributed by atoms with Crippen LogP contribution < -0.4 is 0 Å². The molecule has 130 valence electrons.